The van der Waals surface area contributed by atoms with Crippen molar-refractivity contribution in [2.75, 3.05) is 18.5 Å². The van der Waals surface area contributed by atoms with Crippen molar-refractivity contribution in [2.45, 2.75) is 26.8 Å². The zero-order valence-corrected chi connectivity index (χ0v) is 9.82. The van der Waals surface area contributed by atoms with Crippen molar-refractivity contribution >= 4 is 5.95 Å². The maximum Gasteiger partial charge on any atom is 0.255 e. The van der Waals surface area contributed by atoms with Crippen LogP contribution in [0.5, 0.6) is 0 Å². The van der Waals surface area contributed by atoms with Gasteiger partial charge in [-0.1, -0.05) is 13.8 Å². The lowest BCUT2D eigenvalue weighted by Crippen LogP contribution is -2.29. The van der Waals surface area contributed by atoms with E-state index in [0.29, 0.717) is 5.56 Å². The Balaban J connectivity index is 0.00000106. The lowest BCUT2D eigenvalue weighted by Gasteiger charge is -2.12. The predicted octanol–water partition coefficient (Wildman–Crippen LogP) is -0.130. The van der Waals surface area contributed by atoms with Crippen molar-refractivity contribution in [2.24, 2.45) is 0 Å². The molecule has 6 heteroatoms. The summed E-state index contributed by atoms with van der Waals surface area (Å²) in [6.07, 6.45) is 1.42. The van der Waals surface area contributed by atoms with Crippen LogP contribution >= 0.6 is 0 Å². The van der Waals surface area contributed by atoms with Crippen LogP contribution in [-0.2, 0) is 0 Å². The summed E-state index contributed by atoms with van der Waals surface area (Å²) in [5.41, 5.74) is 0.275. The second-order valence-corrected chi connectivity index (χ2v) is 2.95. The van der Waals surface area contributed by atoms with Crippen LogP contribution in [0.2, 0.25) is 0 Å². The van der Waals surface area contributed by atoms with E-state index in [0.717, 1.165) is 0 Å². The van der Waals surface area contributed by atoms with Crippen LogP contribution in [-0.4, -0.2) is 39.4 Å². The van der Waals surface area contributed by atoms with Gasteiger partial charge < -0.3 is 15.5 Å². The monoisotopic (exact) mass is 229 g/mol. The Bertz CT molecular complexity index is 347. The van der Waals surface area contributed by atoms with Gasteiger partial charge in [0.15, 0.2) is 0 Å². The van der Waals surface area contributed by atoms with Gasteiger partial charge in [-0.05, 0) is 6.92 Å². The van der Waals surface area contributed by atoms with E-state index in [9.17, 15) is 4.79 Å². The number of aromatic amines is 1. The zero-order valence-electron chi connectivity index (χ0n) is 9.82. The van der Waals surface area contributed by atoms with Crippen LogP contribution in [0.25, 0.3) is 0 Å². The molecule has 0 radical (unpaired) electrons. The molecule has 1 heterocycles. The Morgan fingerprint density at radius 1 is 1.44 bits per heavy atom. The average Bonchev–Trinajstić information content (AvgIpc) is 2.33. The largest absolute Gasteiger partial charge is 0.394 e. The van der Waals surface area contributed by atoms with E-state index in [1.54, 1.807) is 6.92 Å². The minimum atomic E-state index is -0.513. The smallest absolute Gasteiger partial charge is 0.255 e. The first-order chi connectivity index (χ1) is 7.67. The molecule has 0 aliphatic rings. The summed E-state index contributed by atoms with van der Waals surface area (Å²) in [5, 5.41) is 20.2. The van der Waals surface area contributed by atoms with Gasteiger partial charge in [0.05, 0.1) is 19.3 Å². The van der Waals surface area contributed by atoms with Gasteiger partial charge in [-0.3, -0.25) is 9.78 Å². The first-order valence-corrected chi connectivity index (χ1v) is 5.21. The molecule has 1 rings (SSSR count). The summed E-state index contributed by atoms with van der Waals surface area (Å²) in [4.78, 5) is 17.5. The molecule has 0 saturated heterocycles. The van der Waals surface area contributed by atoms with Crippen LogP contribution in [0, 0.1) is 6.92 Å². The standard InChI is InChI=1S/C8H13N3O3.C2H6/c1-5-2-9-8(11-7(5)14)10-6(3-12)4-13;1-2/h2,6,12-13H,3-4H2,1H3,(H2,9,10,11,14);1-2H3. The summed E-state index contributed by atoms with van der Waals surface area (Å²) in [5.74, 6) is 0.244. The van der Waals surface area contributed by atoms with E-state index in [1.165, 1.54) is 6.20 Å². The normalized spacial score (nSPS) is 9.62. The number of nitrogens with zero attached hydrogens (tertiary/aromatic N) is 1. The van der Waals surface area contributed by atoms with Gasteiger partial charge in [-0.15, -0.1) is 0 Å². The van der Waals surface area contributed by atoms with E-state index >= 15 is 0 Å². The first kappa shape index (κ1) is 14.6. The Kier molecular flexibility index (Phi) is 7.15. The molecule has 0 atom stereocenters. The molecular formula is C10H19N3O3. The number of hydrogen-bond donors (Lipinski definition) is 4. The first-order valence-electron chi connectivity index (χ1n) is 5.21. The molecular weight excluding hydrogens is 210 g/mol. The summed E-state index contributed by atoms with van der Waals surface area (Å²) in [7, 11) is 0. The molecule has 0 unspecified atom stereocenters. The number of aliphatic hydroxyl groups is 2. The summed E-state index contributed by atoms with van der Waals surface area (Å²) in [6.45, 7) is 5.19. The molecule has 1 aromatic rings. The summed E-state index contributed by atoms with van der Waals surface area (Å²) in [6, 6.07) is -0.513. The van der Waals surface area contributed by atoms with Crippen LogP contribution in [0.15, 0.2) is 11.0 Å². The number of anilines is 1. The van der Waals surface area contributed by atoms with E-state index in [4.69, 9.17) is 10.2 Å². The molecule has 6 nitrogen and oxygen atoms in total. The number of aromatic nitrogens is 2. The highest BCUT2D eigenvalue weighted by Gasteiger charge is 2.06. The number of nitrogens with one attached hydrogen (secondary N) is 2. The van der Waals surface area contributed by atoms with E-state index in [1.807, 2.05) is 13.8 Å². The fourth-order valence-electron chi connectivity index (χ4n) is 0.874. The van der Waals surface area contributed by atoms with Crippen molar-refractivity contribution in [3.63, 3.8) is 0 Å². The van der Waals surface area contributed by atoms with Gasteiger partial charge >= 0.3 is 0 Å². The second-order valence-electron chi connectivity index (χ2n) is 2.95. The molecule has 0 bridgehead atoms. The van der Waals surface area contributed by atoms with Crippen molar-refractivity contribution in [3.05, 3.63) is 22.1 Å². The van der Waals surface area contributed by atoms with Gasteiger partial charge in [0.2, 0.25) is 5.95 Å². The fourth-order valence-corrected chi connectivity index (χ4v) is 0.874. The Morgan fingerprint density at radius 2 is 2.00 bits per heavy atom. The quantitative estimate of drug-likeness (QED) is 0.576. The van der Waals surface area contributed by atoms with Gasteiger partial charge in [0.1, 0.15) is 0 Å². The van der Waals surface area contributed by atoms with E-state index in [-0.39, 0.29) is 24.7 Å². The van der Waals surface area contributed by atoms with Gasteiger partial charge in [-0.2, -0.15) is 0 Å². The summed E-state index contributed by atoms with van der Waals surface area (Å²) < 4.78 is 0. The molecule has 0 amide bonds. The van der Waals surface area contributed by atoms with Crippen LogP contribution in [0.4, 0.5) is 5.95 Å². The SMILES string of the molecule is CC.Cc1cnc(NC(CO)CO)[nH]c1=O. The molecule has 16 heavy (non-hydrogen) atoms. The molecule has 0 spiro atoms. The highest BCUT2D eigenvalue weighted by molar-refractivity contribution is 5.26. The Hall–Kier alpha value is -1.40. The van der Waals surface area contributed by atoms with Crippen molar-refractivity contribution < 1.29 is 10.2 Å². The molecule has 1 aromatic heterocycles. The number of hydrogen-bond acceptors (Lipinski definition) is 5. The van der Waals surface area contributed by atoms with Gasteiger partial charge in [0.25, 0.3) is 5.56 Å². The number of H-pyrrole nitrogens is 1. The predicted molar refractivity (Wildman–Crippen MR) is 62.5 cm³/mol. The third-order valence-electron chi connectivity index (χ3n) is 1.76. The molecule has 92 valence electrons. The maximum absolute atomic E-state index is 11.1. The van der Waals surface area contributed by atoms with Crippen LogP contribution in [0.3, 0.4) is 0 Å². The molecule has 4 N–H and O–H groups in total. The zero-order chi connectivity index (χ0) is 12.6. The number of aryl methyl sites for hydroxylation is 1. The molecule has 0 aromatic carbocycles. The van der Waals surface area contributed by atoms with Crippen molar-refractivity contribution in [1.82, 2.24) is 9.97 Å². The second kappa shape index (κ2) is 7.84. The number of rotatable bonds is 4. The van der Waals surface area contributed by atoms with E-state index < -0.39 is 6.04 Å². The topological polar surface area (TPSA) is 98.2 Å². The van der Waals surface area contributed by atoms with Gasteiger partial charge in [-0.25, -0.2) is 4.98 Å². The van der Waals surface area contributed by atoms with Crippen LogP contribution < -0.4 is 10.9 Å². The third kappa shape index (κ3) is 4.41. The summed E-state index contributed by atoms with van der Waals surface area (Å²) >= 11 is 0. The molecule has 0 saturated carbocycles. The average molecular weight is 229 g/mol. The highest BCUT2D eigenvalue weighted by atomic mass is 16.3. The fraction of sp³-hybridized carbons (Fsp3) is 0.600. The lowest BCUT2D eigenvalue weighted by molar-refractivity contribution is 0.203. The lowest BCUT2D eigenvalue weighted by atomic mass is 10.3. The van der Waals surface area contributed by atoms with E-state index in [2.05, 4.69) is 15.3 Å². The molecule has 0 fully saturated rings. The highest BCUT2D eigenvalue weighted by Crippen LogP contribution is 1.96. The number of aliphatic hydroxyl groups excluding tert-OH is 2. The minimum absolute atomic E-state index is 0.228. The van der Waals surface area contributed by atoms with Crippen LogP contribution in [0.1, 0.15) is 19.4 Å². The van der Waals surface area contributed by atoms with Crippen molar-refractivity contribution in [3.8, 4) is 0 Å². The Morgan fingerprint density at radius 3 is 2.44 bits per heavy atom. The molecule has 0 aliphatic heterocycles. The molecule has 0 aliphatic carbocycles. The maximum atomic E-state index is 11.1. The third-order valence-corrected chi connectivity index (χ3v) is 1.76. The van der Waals surface area contributed by atoms with Crippen molar-refractivity contribution in [1.29, 1.82) is 0 Å². The Labute approximate surface area is 94.4 Å². The minimum Gasteiger partial charge on any atom is -0.394 e. The van der Waals surface area contributed by atoms with Gasteiger partial charge in [0, 0.05) is 11.8 Å².